The van der Waals surface area contributed by atoms with Crippen molar-refractivity contribution in [2.45, 2.75) is 51.7 Å². The van der Waals surface area contributed by atoms with E-state index in [4.69, 9.17) is 4.74 Å². The van der Waals surface area contributed by atoms with Crippen LogP contribution >= 0.6 is 0 Å². The largest absolute Gasteiger partial charge is 0.442 e. The zero-order valence-corrected chi connectivity index (χ0v) is 22.9. The van der Waals surface area contributed by atoms with Gasteiger partial charge >= 0.3 is 6.09 Å². The van der Waals surface area contributed by atoms with E-state index in [1.807, 2.05) is 69.3 Å². The lowest BCUT2D eigenvalue weighted by Crippen LogP contribution is -2.28. The monoisotopic (exact) mass is 533 g/mol. The third-order valence-corrected chi connectivity index (χ3v) is 7.33. The standard InChI is InChI=1S/C33H31N3O4/c1-20(30(37)22-9-6-5-7-10-22)18-35-19-27-24(11-8-12-25(27)31(35)38)23-15-16-28-26(17-23)29(21-13-14-21)34-36(28)32(39)40-33(2,3)4/h5-12,15-17,21H,1,13-14,18-19H2,2-4H3. The number of ether oxygens (including phenoxy) is 1. The van der Waals surface area contributed by atoms with Gasteiger partial charge in [0.15, 0.2) is 5.78 Å². The molecule has 1 fully saturated rings. The minimum atomic E-state index is -0.630. The van der Waals surface area contributed by atoms with Crippen LogP contribution in [0.2, 0.25) is 0 Å². The molecular weight excluding hydrogens is 502 g/mol. The molecule has 40 heavy (non-hydrogen) atoms. The molecule has 1 saturated carbocycles. The Morgan fingerprint density at radius 2 is 1.73 bits per heavy atom. The molecule has 0 saturated heterocycles. The average Bonchev–Trinajstić information content (AvgIpc) is 3.63. The number of Topliss-reactive ketones (excluding diaryl/α,β-unsaturated/α-hetero) is 1. The highest BCUT2D eigenvalue weighted by atomic mass is 16.6. The van der Waals surface area contributed by atoms with Gasteiger partial charge in [-0.25, -0.2) is 4.79 Å². The second kappa shape index (κ2) is 9.59. The van der Waals surface area contributed by atoms with Crippen LogP contribution in [0.5, 0.6) is 0 Å². The van der Waals surface area contributed by atoms with E-state index in [0.717, 1.165) is 40.6 Å². The molecule has 0 unspecified atom stereocenters. The van der Waals surface area contributed by atoms with Crippen LogP contribution in [0.4, 0.5) is 4.79 Å². The van der Waals surface area contributed by atoms with E-state index in [1.54, 1.807) is 17.0 Å². The maximum absolute atomic E-state index is 13.3. The second-order valence-electron chi connectivity index (χ2n) is 11.6. The van der Waals surface area contributed by atoms with Crippen molar-refractivity contribution in [3.05, 3.63) is 101 Å². The van der Waals surface area contributed by atoms with Gasteiger partial charge in [-0.15, -0.1) is 0 Å². The fourth-order valence-electron chi connectivity index (χ4n) is 5.30. The number of hydrogen-bond acceptors (Lipinski definition) is 5. The fourth-order valence-corrected chi connectivity index (χ4v) is 5.30. The van der Waals surface area contributed by atoms with Crippen LogP contribution in [0.25, 0.3) is 22.0 Å². The molecule has 4 aromatic rings. The Labute approximate surface area is 233 Å². The Bertz CT molecular complexity index is 1690. The summed E-state index contributed by atoms with van der Waals surface area (Å²) in [7, 11) is 0. The highest BCUT2D eigenvalue weighted by Crippen LogP contribution is 2.44. The van der Waals surface area contributed by atoms with Gasteiger partial charge in [0, 0.05) is 41.1 Å². The molecule has 3 aromatic carbocycles. The van der Waals surface area contributed by atoms with Gasteiger partial charge in [0.2, 0.25) is 0 Å². The minimum Gasteiger partial charge on any atom is -0.442 e. The molecule has 0 atom stereocenters. The predicted molar refractivity (Wildman–Crippen MR) is 153 cm³/mol. The summed E-state index contributed by atoms with van der Waals surface area (Å²) in [5.74, 6) is 0.0501. The van der Waals surface area contributed by atoms with E-state index in [2.05, 4.69) is 17.7 Å². The maximum atomic E-state index is 13.3. The van der Waals surface area contributed by atoms with E-state index in [0.29, 0.717) is 34.7 Å². The van der Waals surface area contributed by atoms with E-state index in [-0.39, 0.29) is 18.2 Å². The highest BCUT2D eigenvalue weighted by Gasteiger charge is 2.33. The number of hydrogen-bond donors (Lipinski definition) is 0. The average molecular weight is 534 g/mol. The predicted octanol–water partition coefficient (Wildman–Crippen LogP) is 6.76. The minimum absolute atomic E-state index is 0.114. The number of ketones is 1. The van der Waals surface area contributed by atoms with Gasteiger partial charge in [-0.2, -0.15) is 9.78 Å². The molecule has 7 nitrogen and oxygen atoms in total. The Hall–Kier alpha value is -4.52. The number of rotatable bonds is 6. The lowest BCUT2D eigenvalue weighted by molar-refractivity contribution is 0.0521. The molecule has 0 N–H and O–H groups in total. The van der Waals surface area contributed by atoms with Gasteiger partial charge < -0.3 is 9.64 Å². The van der Waals surface area contributed by atoms with E-state index < -0.39 is 11.7 Å². The molecule has 2 aliphatic rings. The lowest BCUT2D eigenvalue weighted by atomic mass is 9.95. The first-order chi connectivity index (χ1) is 19.1. The number of benzene rings is 3. The first kappa shape index (κ1) is 25.7. The Morgan fingerprint density at radius 1 is 1.00 bits per heavy atom. The van der Waals surface area contributed by atoms with Gasteiger partial charge in [0.1, 0.15) is 5.60 Å². The first-order valence-corrected chi connectivity index (χ1v) is 13.6. The summed E-state index contributed by atoms with van der Waals surface area (Å²) >= 11 is 0. The van der Waals surface area contributed by atoms with Crippen LogP contribution in [0.3, 0.4) is 0 Å². The van der Waals surface area contributed by atoms with Crippen molar-refractivity contribution in [1.29, 1.82) is 0 Å². The Kier molecular flexibility index (Phi) is 6.17. The van der Waals surface area contributed by atoms with Crippen molar-refractivity contribution in [1.82, 2.24) is 14.7 Å². The van der Waals surface area contributed by atoms with Crippen LogP contribution in [-0.2, 0) is 11.3 Å². The summed E-state index contributed by atoms with van der Waals surface area (Å²) in [5.41, 5.74) is 5.36. The number of carbonyl (C=O) groups excluding carboxylic acids is 3. The molecular formula is C33H31N3O4. The third-order valence-electron chi connectivity index (χ3n) is 7.33. The molecule has 1 aliphatic carbocycles. The summed E-state index contributed by atoms with van der Waals surface area (Å²) < 4.78 is 6.98. The van der Waals surface area contributed by atoms with Crippen LogP contribution in [-0.4, -0.2) is 44.6 Å². The van der Waals surface area contributed by atoms with Crippen molar-refractivity contribution in [2.75, 3.05) is 6.54 Å². The summed E-state index contributed by atoms with van der Waals surface area (Å²) in [6, 6.07) is 20.6. The Morgan fingerprint density at radius 3 is 2.42 bits per heavy atom. The SMILES string of the molecule is C=C(CN1Cc2c(cccc2-c2ccc3c(c2)c(C2CC2)nn3C(=O)OC(C)(C)C)C1=O)C(=O)c1ccccc1. The summed E-state index contributed by atoms with van der Waals surface area (Å²) in [5, 5.41) is 5.60. The van der Waals surface area contributed by atoms with Crippen molar-refractivity contribution < 1.29 is 19.1 Å². The summed E-state index contributed by atoms with van der Waals surface area (Å²) in [6.45, 7) is 10.0. The molecule has 0 spiro atoms. The maximum Gasteiger partial charge on any atom is 0.435 e. The van der Waals surface area contributed by atoms with E-state index >= 15 is 0 Å². The Balaban J connectivity index is 1.32. The third kappa shape index (κ3) is 4.72. The molecule has 1 aromatic heterocycles. The van der Waals surface area contributed by atoms with Crippen LogP contribution in [0, 0.1) is 0 Å². The second-order valence-corrected chi connectivity index (χ2v) is 11.6. The normalized spacial score (nSPS) is 14.9. The molecule has 7 heteroatoms. The number of amides is 1. The van der Waals surface area contributed by atoms with Crippen LogP contribution in [0.1, 0.15) is 71.5 Å². The number of fused-ring (bicyclic) bond motifs is 2. The zero-order valence-electron chi connectivity index (χ0n) is 22.9. The zero-order chi connectivity index (χ0) is 28.2. The van der Waals surface area contributed by atoms with Gasteiger partial charge in [-0.3, -0.25) is 9.59 Å². The summed E-state index contributed by atoms with van der Waals surface area (Å²) in [6.07, 6.45) is 1.59. The van der Waals surface area contributed by atoms with Crippen molar-refractivity contribution in [3.63, 3.8) is 0 Å². The van der Waals surface area contributed by atoms with Crippen molar-refractivity contribution in [2.24, 2.45) is 0 Å². The molecule has 2 heterocycles. The number of carbonyl (C=O) groups is 3. The lowest BCUT2D eigenvalue weighted by Gasteiger charge is -2.19. The van der Waals surface area contributed by atoms with Gasteiger partial charge in [0.25, 0.3) is 5.91 Å². The summed E-state index contributed by atoms with van der Waals surface area (Å²) in [4.78, 5) is 40.8. The number of nitrogens with zero attached hydrogens (tertiary/aromatic N) is 3. The quantitative estimate of drug-likeness (QED) is 0.202. The van der Waals surface area contributed by atoms with Gasteiger partial charge in [0.05, 0.1) is 11.2 Å². The molecule has 1 amide bonds. The highest BCUT2D eigenvalue weighted by molar-refractivity contribution is 6.09. The van der Waals surface area contributed by atoms with E-state index in [9.17, 15) is 14.4 Å². The molecule has 0 bridgehead atoms. The van der Waals surface area contributed by atoms with Gasteiger partial charge in [-0.05, 0) is 68.5 Å². The molecule has 1 aliphatic heterocycles. The van der Waals surface area contributed by atoms with Crippen LogP contribution in [0.15, 0.2) is 78.9 Å². The molecule has 6 rings (SSSR count). The fraction of sp³-hybridized carbons (Fsp3) is 0.273. The van der Waals surface area contributed by atoms with Crippen molar-refractivity contribution >= 4 is 28.7 Å². The molecule has 202 valence electrons. The molecule has 0 radical (unpaired) electrons. The topological polar surface area (TPSA) is 81.5 Å². The van der Waals surface area contributed by atoms with E-state index in [1.165, 1.54) is 4.68 Å². The smallest absolute Gasteiger partial charge is 0.435 e. The van der Waals surface area contributed by atoms with Crippen LogP contribution < -0.4 is 0 Å². The van der Waals surface area contributed by atoms with Gasteiger partial charge in [-0.1, -0.05) is 55.1 Å². The van der Waals surface area contributed by atoms with Crippen molar-refractivity contribution in [3.8, 4) is 11.1 Å². The number of aromatic nitrogens is 2. The first-order valence-electron chi connectivity index (χ1n) is 13.6.